The van der Waals surface area contributed by atoms with Gasteiger partial charge >= 0.3 is 0 Å². The van der Waals surface area contributed by atoms with Crippen LogP contribution in [0, 0.1) is 0 Å². The monoisotopic (exact) mass is 266 g/mol. The summed E-state index contributed by atoms with van der Waals surface area (Å²) in [6.45, 7) is 3.93. The Bertz CT molecular complexity index is 360. The second-order valence-corrected chi connectivity index (χ2v) is 5.34. The maximum atomic E-state index is 5.76. The maximum Gasteiger partial charge on any atom is 0.0575 e. The topological polar surface area (TPSA) is 65.1 Å². The van der Waals surface area contributed by atoms with Crippen LogP contribution in [0.4, 0.5) is 0 Å². The van der Waals surface area contributed by atoms with Crippen molar-refractivity contribution in [2.24, 2.45) is 5.84 Å². The smallest absolute Gasteiger partial charge is 0.0575 e. The van der Waals surface area contributed by atoms with Crippen molar-refractivity contribution in [3.8, 4) is 0 Å². The first-order valence-corrected chi connectivity index (χ1v) is 7.41. The summed E-state index contributed by atoms with van der Waals surface area (Å²) in [5.74, 6) is 5.66. The summed E-state index contributed by atoms with van der Waals surface area (Å²) < 4.78 is 7.71. The molecule has 0 aliphatic carbocycles. The molecule has 1 saturated heterocycles. The van der Waals surface area contributed by atoms with Crippen LogP contribution in [0.25, 0.3) is 0 Å². The van der Waals surface area contributed by atoms with Crippen molar-refractivity contribution in [3.05, 3.63) is 18.0 Å². The van der Waals surface area contributed by atoms with Crippen molar-refractivity contribution < 1.29 is 4.74 Å². The highest BCUT2D eigenvalue weighted by Crippen LogP contribution is 2.18. The number of hydrogen-bond acceptors (Lipinski definition) is 4. The quantitative estimate of drug-likeness (QED) is 0.581. The molecular weight excluding hydrogens is 240 g/mol. The summed E-state index contributed by atoms with van der Waals surface area (Å²) in [6.07, 6.45) is 11.3. The molecule has 1 fully saturated rings. The second-order valence-electron chi connectivity index (χ2n) is 5.34. The molecule has 2 rings (SSSR count). The number of nitrogens with two attached hydrogens (primary N) is 1. The van der Waals surface area contributed by atoms with E-state index in [0.717, 1.165) is 32.4 Å². The van der Waals surface area contributed by atoms with Crippen LogP contribution in [-0.4, -0.2) is 28.5 Å². The van der Waals surface area contributed by atoms with Crippen LogP contribution in [0.15, 0.2) is 12.4 Å². The predicted molar refractivity (Wildman–Crippen MR) is 75.5 cm³/mol. The second kappa shape index (κ2) is 7.62. The van der Waals surface area contributed by atoms with E-state index in [1.807, 2.05) is 10.9 Å². The van der Waals surface area contributed by atoms with E-state index in [9.17, 15) is 0 Å². The van der Waals surface area contributed by atoms with E-state index in [0.29, 0.717) is 12.1 Å². The zero-order valence-corrected chi connectivity index (χ0v) is 11.8. The Morgan fingerprint density at radius 2 is 2.47 bits per heavy atom. The van der Waals surface area contributed by atoms with Gasteiger partial charge in [0.05, 0.1) is 12.3 Å². The summed E-state index contributed by atoms with van der Waals surface area (Å²) in [5, 5.41) is 4.30. The first-order valence-electron chi connectivity index (χ1n) is 7.41. The molecule has 0 spiro atoms. The van der Waals surface area contributed by atoms with E-state index in [1.165, 1.54) is 24.8 Å². The lowest BCUT2D eigenvalue weighted by Gasteiger charge is -2.24. The first-order chi connectivity index (χ1) is 9.31. The van der Waals surface area contributed by atoms with Gasteiger partial charge in [0, 0.05) is 25.4 Å². The SMILES string of the molecule is CCn1cc(CC(CCC2CCCCO2)NN)cn1. The van der Waals surface area contributed by atoms with E-state index in [1.54, 1.807) is 0 Å². The lowest BCUT2D eigenvalue weighted by molar-refractivity contribution is 0.00858. The number of nitrogens with zero attached hydrogens (tertiary/aromatic N) is 2. The molecule has 0 aromatic carbocycles. The summed E-state index contributed by atoms with van der Waals surface area (Å²) in [4.78, 5) is 0. The molecule has 5 heteroatoms. The minimum Gasteiger partial charge on any atom is -0.378 e. The third-order valence-electron chi connectivity index (χ3n) is 3.84. The molecular formula is C14H26N4O. The number of ether oxygens (including phenoxy) is 1. The fourth-order valence-electron chi connectivity index (χ4n) is 2.64. The Hall–Kier alpha value is -0.910. The van der Waals surface area contributed by atoms with Gasteiger partial charge in [-0.3, -0.25) is 16.0 Å². The number of hydrazine groups is 1. The van der Waals surface area contributed by atoms with Crippen LogP contribution in [0.2, 0.25) is 0 Å². The molecule has 0 saturated carbocycles. The number of aromatic nitrogens is 2. The molecule has 1 aliphatic rings. The van der Waals surface area contributed by atoms with Crippen molar-refractivity contribution in [2.45, 2.75) is 64.1 Å². The average Bonchev–Trinajstić information content (AvgIpc) is 2.92. The minimum atomic E-state index is 0.306. The van der Waals surface area contributed by atoms with Gasteiger partial charge in [-0.15, -0.1) is 0 Å². The van der Waals surface area contributed by atoms with Crippen LogP contribution >= 0.6 is 0 Å². The Kier molecular flexibility index (Phi) is 5.82. The zero-order valence-electron chi connectivity index (χ0n) is 11.8. The molecule has 19 heavy (non-hydrogen) atoms. The summed E-state index contributed by atoms with van der Waals surface area (Å²) in [6, 6.07) is 0.306. The molecule has 1 aromatic rings. The largest absolute Gasteiger partial charge is 0.378 e. The van der Waals surface area contributed by atoms with Crippen molar-refractivity contribution >= 4 is 0 Å². The lowest BCUT2D eigenvalue weighted by atomic mass is 9.99. The van der Waals surface area contributed by atoms with E-state index in [4.69, 9.17) is 10.6 Å². The van der Waals surface area contributed by atoms with Gasteiger partial charge in [0.1, 0.15) is 0 Å². The van der Waals surface area contributed by atoms with E-state index < -0.39 is 0 Å². The van der Waals surface area contributed by atoms with Crippen LogP contribution in [0.1, 0.15) is 44.6 Å². The highest BCUT2D eigenvalue weighted by molar-refractivity contribution is 5.06. The normalized spacial score (nSPS) is 21.5. The number of aryl methyl sites for hydroxylation is 1. The van der Waals surface area contributed by atoms with Crippen molar-refractivity contribution in [2.75, 3.05) is 6.61 Å². The zero-order chi connectivity index (χ0) is 13.5. The molecule has 2 unspecified atom stereocenters. The van der Waals surface area contributed by atoms with Gasteiger partial charge in [-0.1, -0.05) is 0 Å². The molecule has 0 bridgehead atoms. The van der Waals surface area contributed by atoms with Gasteiger partial charge in [-0.25, -0.2) is 0 Å². The van der Waals surface area contributed by atoms with Crippen molar-refractivity contribution in [1.82, 2.24) is 15.2 Å². The van der Waals surface area contributed by atoms with E-state index in [-0.39, 0.29) is 0 Å². The molecule has 3 N–H and O–H groups in total. The maximum absolute atomic E-state index is 5.76. The summed E-state index contributed by atoms with van der Waals surface area (Å²) >= 11 is 0. The minimum absolute atomic E-state index is 0.306. The third-order valence-corrected chi connectivity index (χ3v) is 3.84. The standard InChI is InChI=1S/C14H26N4O/c1-2-18-11-12(10-16-18)9-13(17-15)6-7-14-5-3-4-8-19-14/h10-11,13-14,17H,2-9,15H2,1H3. The fraction of sp³-hybridized carbons (Fsp3) is 0.786. The first kappa shape index (κ1) is 14.5. The Labute approximate surface area is 115 Å². The molecule has 0 radical (unpaired) electrons. The van der Waals surface area contributed by atoms with Gasteiger partial charge in [0.15, 0.2) is 0 Å². The van der Waals surface area contributed by atoms with Crippen LogP contribution < -0.4 is 11.3 Å². The molecule has 2 heterocycles. The highest BCUT2D eigenvalue weighted by Gasteiger charge is 2.16. The molecule has 5 nitrogen and oxygen atoms in total. The van der Waals surface area contributed by atoms with Gasteiger partial charge in [-0.05, 0) is 51.0 Å². The van der Waals surface area contributed by atoms with E-state index in [2.05, 4.69) is 23.6 Å². The van der Waals surface area contributed by atoms with Gasteiger partial charge < -0.3 is 4.74 Å². The van der Waals surface area contributed by atoms with Gasteiger partial charge in [0.2, 0.25) is 0 Å². The molecule has 0 amide bonds. The fourth-order valence-corrected chi connectivity index (χ4v) is 2.64. The number of rotatable bonds is 7. The Balaban J connectivity index is 1.75. The number of nitrogens with one attached hydrogen (secondary N) is 1. The highest BCUT2D eigenvalue weighted by atomic mass is 16.5. The van der Waals surface area contributed by atoms with Gasteiger partial charge in [0.25, 0.3) is 0 Å². The summed E-state index contributed by atoms with van der Waals surface area (Å²) in [5.41, 5.74) is 4.17. The van der Waals surface area contributed by atoms with Gasteiger partial charge in [-0.2, -0.15) is 5.10 Å². The number of hydrogen-bond donors (Lipinski definition) is 2. The average molecular weight is 266 g/mol. The van der Waals surface area contributed by atoms with Crippen molar-refractivity contribution in [3.63, 3.8) is 0 Å². The van der Waals surface area contributed by atoms with Crippen LogP contribution in [0.5, 0.6) is 0 Å². The van der Waals surface area contributed by atoms with Crippen LogP contribution in [-0.2, 0) is 17.7 Å². The predicted octanol–water partition coefficient (Wildman–Crippen LogP) is 1.63. The molecule has 1 aliphatic heterocycles. The van der Waals surface area contributed by atoms with Crippen LogP contribution in [0.3, 0.4) is 0 Å². The van der Waals surface area contributed by atoms with Crippen molar-refractivity contribution in [1.29, 1.82) is 0 Å². The molecule has 1 aromatic heterocycles. The summed E-state index contributed by atoms with van der Waals surface area (Å²) in [7, 11) is 0. The molecule has 2 atom stereocenters. The molecule has 108 valence electrons. The third kappa shape index (κ3) is 4.60. The Morgan fingerprint density at radius 1 is 1.58 bits per heavy atom. The lowest BCUT2D eigenvalue weighted by Crippen LogP contribution is -2.37. The van der Waals surface area contributed by atoms with E-state index >= 15 is 0 Å². The Morgan fingerprint density at radius 3 is 3.11 bits per heavy atom.